The molecule has 0 saturated carbocycles. The fourth-order valence-electron chi connectivity index (χ4n) is 3.59. The standard InChI is InChI=1S/C21H26N2O2S/c1-22(2)18-11-12-23(14-19(18)24)21(25)16-8-6-7-15(13-16)17-9-4-5-10-20(17)26-3/h4-10,13,18-19,24H,11-12,14H2,1-3H3/t18-,19-/m1/s1. The van der Waals surface area contributed by atoms with E-state index in [2.05, 4.69) is 18.4 Å². The van der Waals surface area contributed by atoms with Crippen molar-refractivity contribution in [3.05, 3.63) is 54.1 Å². The minimum Gasteiger partial charge on any atom is -0.390 e. The molecule has 4 nitrogen and oxygen atoms in total. The number of thioether (sulfide) groups is 1. The quantitative estimate of drug-likeness (QED) is 0.840. The van der Waals surface area contributed by atoms with Crippen molar-refractivity contribution in [1.82, 2.24) is 9.80 Å². The van der Waals surface area contributed by atoms with Gasteiger partial charge in [-0.1, -0.05) is 30.3 Å². The maximum absolute atomic E-state index is 13.0. The number of benzene rings is 2. The number of amides is 1. The topological polar surface area (TPSA) is 43.8 Å². The highest BCUT2D eigenvalue weighted by Gasteiger charge is 2.31. The highest BCUT2D eigenvalue weighted by atomic mass is 32.2. The van der Waals surface area contributed by atoms with E-state index in [0.717, 1.165) is 17.5 Å². The van der Waals surface area contributed by atoms with Crippen LogP contribution in [0.25, 0.3) is 11.1 Å². The first-order valence-electron chi connectivity index (χ1n) is 8.88. The average Bonchev–Trinajstić information content (AvgIpc) is 2.67. The van der Waals surface area contributed by atoms with Crippen LogP contribution >= 0.6 is 11.8 Å². The Bertz CT molecular complexity index is 778. The van der Waals surface area contributed by atoms with E-state index in [1.165, 1.54) is 4.90 Å². The number of nitrogens with zero attached hydrogens (tertiary/aromatic N) is 2. The van der Waals surface area contributed by atoms with Crippen LogP contribution in [0.15, 0.2) is 53.4 Å². The number of aliphatic hydroxyl groups excluding tert-OH is 1. The van der Waals surface area contributed by atoms with Gasteiger partial charge in [-0.3, -0.25) is 4.79 Å². The lowest BCUT2D eigenvalue weighted by molar-refractivity contribution is 0.00608. The van der Waals surface area contributed by atoms with Gasteiger partial charge in [0.05, 0.1) is 6.10 Å². The molecule has 1 fully saturated rings. The largest absolute Gasteiger partial charge is 0.390 e. The number of likely N-dealkylation sites (tertiary alicyclic amines) is 1. The second-order valence-corrected chi connectivity index (χ2v) is 7.77. The van der Waals surface area contributed by atoms with Gasteiger partial charge in [0, 0.05) is 29.6 Å². The lowest BCUT2D eigenvalue weighted by Gasteiger charge is -2.39. The summed E-state index contributed by atoms with van der Waals surface area (Å²) in [5.41, 5.74) is 2.86. The molecule has 5 heteroatoms. The number of β-amino-alcohol motifs (C(OH)–C–C–N with tert-alkyl or cyclic N) is 1. The highest BCUT2D eigenvalue weighted by molar-refractivity contribution is 7.98. The van der Waals surface area contributed by atoms with Gasteiger partial charge in [0.2, 0.25) is 0 Å². The number of likely N-dealkylation sites (N-methyl/N-ethyl adjacent to an activating group) is 1. The molecule has 2 atom stereocenters. The summed E-state index contributed by atoms with van der Waals surface area (Å²) in [6, 6.07) is 16.1. The smallest absolute Gasteiger partial charge is 0.253 e. The number of aliphatic hydroxyl groups is 1. The van der Waals surface area contributed by atoms with Crippen molar-refractivity contribution in [2.75, 3.05) is 33.4 Å². The van der Waals surface area contributed by atoms with E-state index >= 15 is 0 Å². The van der Waals surface area contributed by atoms with Crippen LogP contribution in [0, 0.1) is 0 Å². The minimum atomic E-state index is -0.511. The van der Waals surface area contributed by atoms with Crippen molar-refractivity contribution in [2.45, 2.75) is 23.5 Å². The van der Waals surface area contributed by atoms with Crippen LogP contribution in [0.4, 0.5) is 0 Å². The SMILES string of the molecule is CSc1ccccc1-c1cccc(C(=O)N2CC[C@@H](N(C)C)[C@H](O)C2)c1. The molecule has 0 aromatic heterocycles. The predicted octanol–water partition coefficient (Wildman–Crippen LogP) is 3.21. The summed E-state index contributed by atoms with van der Waals surface area (Å²) in [5.74, 6) is -0.00950. The van der Waals surface area contributed by atoms with Crippen molar-refractivity contribution < 1.29 is 9.90 Å². The molecule has 0 unspecified atom stereocenters. The molecule has 0 spiro atoms. The molecule has 0 aliphatic carbocycles. The summed E-state index contributed by atoms with van der Waals surface area (Å²) in [4.78, 5) is 18.0. The summed E-state index contributed by atoms with van der Waals surface area (Å²) in [7, 11) is 3.94. The van der Waals surface area contributed by atoms with Gasteiger partial charge in [0.1, 0.15) is 0 Å². The number of rotatable bonds is 4. The predicted molar refractivity (Wildman–Crippen MR) is 108 cm³/mol. The van der Waals surface area contributed by atoms with Crippen LogP contribution in [-0.4, -0.2) is 66.4 Å². The summed E-state index contributed by atoms with van der Waals surface area (Å²) in [6.45, 7) is 1.05. The van der Waals surface area contributed by atoms with E-state index in [-0.39, 0.29) is 11.9 Å². The Hall–Kier alpha value is -1.82. The Morgan fingerprint density at radius 3 is 2.65 bits per heavy atom. The second kappa shape index (κ2) is 8.25. The van der Waals surface area contributed by atoms with Crippen molar-refractivity contribution in [1.29, 1.82) is 0 Å². The van der Waals surface area contributed by atoms with Crippen molar-refractivity contribution in [2.24, 2.45) is 0 Å². The van der Waals surface area contributed by atoms with Crippen LogP contribution in [-0.2, 0) is 0 Å². The molecular formula is C21H26N2O2S. The van der Waals surface area contributed by atoms with Crippen LogP contribution in [0.1, 0.15) is 16.8 Å². The van der Waals surface area contributed by atoms with Gasteiger partial charge < -0.3 is 14.9 Å². The first-order chi connectivity index (χ1) is 12.5. The minimum absolute atomic E-state index is 0.00950. The first kappa shape index (κ1) is 19.0. The molecule has 0 bridgehead atoms. The average molecular weight is 371 g/mol. The van der Waals surface area contributed by atoms with Gasteiger partial charge in [0.25, 0.3) is 5.91 Å². The number of hydrogen-bond donors (Lipinski definition) is 1. The molecular weight excluding hydrogens is 344 g/mol. The Morgan fingerprint density at radius 2 is 1.96 bits per heavy atom. The Balaban J connectivity index is 1.81. The van der Waals surface area contributed by atoms with Crippen molar-refractivity contribution >= 4 is 17.7 Å². The Labute approximate surface area is 159 Å². The molecule has 1 aliphatic heterocycles. The fourth-order valence-corrected chi connectivity index (χ4v) is 4.21. The van der Waals surface area contributed by atoms with E-state index in [1.54, 1.807) is 16.7 Å². The summed E-state index contributed by atoms with van der Waals surface area (Å²) < 4.78 is 0. The summed E-state index contributed by atoms with van der Waals surface area (Å²) >= 11 is 1.70. The summed E-state index contributed by atoms with van der Waals surface area (Å²) in [6.07, 6.45) is 2.34. The molecule has 1 N–H and O–H groups in total. The van der Waals surface area contributed by atoms with Crippen molar-refractivity contribution in [3.8, 4) is 11.1 Å². The first-order valence-corrected chi connectivity index (χ1v) is 10.1. The molecule has 3 rings (SSSR count). The van der Waals surface area contributed by atoms with Crippen LogP contribution in [0.5, 0.6) is 0 Å². The normalized spacial score (nSPS) is 20.4. The van der Waals surface area contributed by atoms with Gasteiger partial charge in [-0.25, -0.2) is 0 Å². The van der Waals surface area contributed by atoms with Gasteiger partial charge in [-0.15, -0.1) is 11.8 Å². The third-order valence-electron chi connectivity index (χ3n) is 5.02. The van der Waals surface area contributed by atoms with E-state index in [9.17, 15) is 9.90 Å². The molecule has 138 valence electrons. The van der Waals surface area contributed by atoms with Gasteiger partial charge in [0.15, 0.2) is 0 Å². The molecule has 1 saturated heterocycles. The lowest BCUT2D eigenvalue weighted by Crippen LogP contribution is -2.53. The van der Waals surface area contributed by atoms with Crippen LogP contribution in [0.2, 0.25) is 0 Å². The van der Waals surface area contributed by atoms with Crippen molar-refractivity contribution in [3.63, 3.8) is 0 Å². The van der Waals surface area contributed by atoms with E-state index in [0.29, 0.717) is 18.7 Å². The number of hydrogen-bond acceptors (Lipinski definition) is 4. The zero-order valence-corrected chi connectivity index (χ0v) is 16.4. The molecule has 2 aromatic carbocycles. The van der Waals surface area contributed by atoms with Gasteiger partial charge >= 0.3 is 0 Å². The number of carbonyl (C=O) groups is 1. The number of piperidine rings is 1. The lowest BCUT2D eigenvalue weighted by atomic mass is 9.99. The maximum Gasteiger partial charge on any atom is 0.253 e. The zero-order valence-electron chi connectivity index (χ0n) is 15.6. The molecule has 1 amide bonds. The van der Waals surface area contributed by atoms with Gasteiger partial charge in [-0.2, -0.15) is 0 Å². The number of carbonyl (C=O) groups excluding carboxylic acids is 1. The van der Waals surface area contributed by atoms with E-state index < -0.39 is 6.10 Å². The molecule has 0 radical (unpaired) electrons. The van der Waals surface area contributed by atoms with Gasteiger partial charge in [-0.05, 0) is 56.1 Å². The Morgan fingerprint density at radius 1 is 1.19 bits per heavy atom. The Kier molecular flexibility index (Phi) is 6.01. The third-order valence-corrected chi connectivity index (χ3v) is 5.82. The second-order valence-electron chi connectivity index (χ2n) is 6.92. The maximum atomic E-state index is 13.0. The fraction of sp³-hybridized carbons (Fsp3) is 0.381. The molecule has 2 aromatic rings. The molecule has 1 aliphatic rings. The monoisotopic (exact) mass is 370 g/mol. The molecule has 1 heterocycles. The van der Waals surface area contributed by atoms with Crippen LogP contribution in [0.3, 0.4) is 0 Å². The van der Waals surface area contributed by atoms with E-state index in [1.807, 2.05) is 55.4 Å². The van der Waals surface area contributed by atoms with Crippen LogP contribution < -0.4 is 0 Å². The third kappa shape index (κ3) is 3.95. The molecule has 26 heavy (non-hydrogen) atoms. The zero-order chi connectivity index (χ0) is 18.7. The van der Waals surface area contributed by atoms with E-state index in [4.69, 9.17) is 0 Å². The summed E-state index contributed by atoms with van der Waals surface area (Å²) in [5, 5.41) is 10.4. The highest BCUT2D eigenvalue weighted by Crippen LogP contribution is 2.30.